The molecule has 1 aromatic rings. The number of benzene rings is 1. The molecule has 0 aromatic heterocycles. The number of hydrogen-bond donors (Lipinski definition) is 7. The number of ether oxygens (including phenoxy) is 18. The van der Waals surface area contributed by atoms with Crippen molar-refractivity contribution in [2.45, 2.75) is 265 Å². The second-order valence-corrected chi connectivity index (χ2v) is 31.0. The van der Waals surface area contributed by atoms with Crippen LogP contribution in [0.4, 0.5) is 0 Å². The summed E-state index contributed by atoms with van der Waals surface area (Å²) >= 11 is 0. The van der Waals surface area contributed by atoms with E-state index in [1.807, 2.05) is 32.4 Å². The first-order chi connectivity index (χ1) is 59.6. The summed E-state index contributed by atoms with van der Waals surface area (Å²) in [5.41, 5.74) is -1.45. The quantitative estimate of drug-likeness (QED) is 0.0155. The Morgan fingerprint density at radius 1 is 0.413 bits per heavy atom. The molecule has 0 bridgehead atoms. The lowest BCUT2D eigenvalue weighted by molar-refractivity contribution is -0.279. The molecule has 16 atom stereocenters. The smallest absolute Gasteiger partial charge is 0.321 e. The topological polar surface area (TPSA) is 545 Å². The van der Waals surface area contributed by atoms with Crippen molar-refractivity contribution in [3.8, 4) is 18.1 Å². The predicted octanol–water partition coefficient (Wildman–Crippen LogP) is 0.677. The SMILES string of the molecule is C#CCCOP(Oc1ccc(C(=O)NC(CCC(=O)NCCOCCOC2OC(COC(C)=O)C(OC(C)=O)C(OC(C)=O)C2NC(C)=O)(CCC(=O)NCCOCCOC2OC(COC(C)=O)C(OC(C)=O)C(OC(C)=O)C2NC(C)=O)CCC(=O)NCCOCCOC2OC(COC(C)=O)C(OC(C)=O)C(OC(C)=O)C2NC(C)=O)cc1)N(C(C)C)C(C)C. The maximum atomic E-state index is 14.9. The van der Waals surface area contributed by atoms with Gasteiger partial charge in [0.25, 0.3) is 5.91 Å². The van der Waals surface area contributed by atoms with Crippen LogP contribution in [0.3, 0.4) is 0 Å². The maximum Gasteiger partial charge on any atom is 0.321 e. The number of carbonyl (C=O) groups excluding carboxylic acids is 16. The summed E-state index contributed by atoms with van der Waals surface area (Å²) in [6, 6.07) is 2.29. The van der Waals surface area contributed by atoms with E-state index in [1.165, 1.54) is 32.9 Å². The summed E-state index contributed by atoms with van der Waals surface area (Å²) in [5.74, 6) is -8.28. The zero-order chi connectivity index (χ0) is 93.8. The molecule has 45 heteroatoms. The number of rotatable bonds is 55. The van der Waals surface area contributed by atoms with Gasteiger partial charge in [-0.15, -0.1) is 12.3 Å². The highest BCUT2D eigenvalue weighted by Crippen LogP contribution is 2.46. The third-order valence-electron chi connectivity index (χ3n) is 18.3. The second-order valence-electron chi connectivity index (χ2n) is 29.6. The first-order valence-corrected chi connectivity index (χ1v) is 42.1. The number of terminal acetylenes is 1. The molecule has 0 aliphatic carbocycles. The molecule has 16 unspecified atom stereocenters. The Morgan fingerprint density at radius 2 is 0.714 bits per heavy atom. The molecule has 126 heavy (non-hydrogen) atoms. The molecule has 7 N–H and O–H groups in total. The van der Waals surface area contributed by atoms with E-state index in [1.54, 1.807) is 12.1 Å². The standard InChI is InChI=1S/C81H123N8O36P/c1-18-19-33-115-126(89(46(2)3)47(4)5)125-61-22-20-60(21-23-61)77(105)88-81(27-24-65(102)82-30-34-106-37-40-109-78-68(85-48(6)90)74(119-57(15)99)71(116-54(12)96)62(122-78)43-112-51(9)93,28-25-66(103)83-31-35-107-38-41-110-79-69(86-49(7)91)75(120-58(16)100)72(117-55(13)97)63(123-79)44-113-52(10)94)29-26-67(104)84-32-36-108-39-42-111-80-70(87-50(8)92)76(121-59(17)101)73(118-56(14)98)64(124-80)45-114-53(11)95/h1,20-23,46-47,62-64,68-76,78-80H,19,24-45H2,2-17H3,(H,82,102)(H,83,103)(H,84,104)(H,85,90)(H,86,91)(H,87,92)(H,88,105). The fourth-order valence-electron chi connectivity index (χ4n) is 13.3. The number of nitrogens with zero attached hydrogens (tertiary/aromatic N) is 1. The van der Waals surface area contributed by atoms with Crippen LogP contribution in [-0.2, 0) is 162 Å². The van der Waals surface area contributed by atoms with Crippen molar-refractivity contribution in [1.29, 1.82) is 0 Å². The molecule has 3 aliphatic heterocycles. The van der Waals surface area contributed by atoms with Crippen molar-refractivity contribution in [3.63, 3.8) is 0 Å². The summed E-state index contributed by atoms with van der Waals surface area (Å²) < 4.78 is 117. The molecule has 708 valence electrons. The Kier molecular flexibility index (Phi) is 49.1. The molecule has 4 rings (SSSR count). The van der Waals surface area contributed by atoms with Crippen molar-refractivity contribution >= 4 is 104 Å². The molecule has 3 saturated heterocycles. The largest absolute Gasteiger partial charge is 0.463 e. The van der Waals surface area contributed by atoms with Crippen LogP contribution in [0.15, 0.2) is 24.3 Å². The number of carbonyl (C=O) groups is 16. The lowest BCUT2D eigenvalue weighted by Crippen LogP contribution is -2.66. The van der Waals surface area contributed by atoms with Gasteiger partial charge in [0.2, 0.25) is 35.4 Å². The maximum absolute atomic E-state index is 14.9. The fraction of sp³-hybridized carbons (Fsp3) is 0.704. The number of amides is 7. The van der Waals surface area contributed by atoms with Crippen LogP contribution in [-0.4, -0.2) is 315 Å². The van der Waals surface area contributed by atoms with Crippen LogP contribution in [0.25, 0.3) is 0 Å². The number of hydrogen-bond acceptors (Lipinski definition) is 37. The van der Waals surface area contributed by atoms with Crippen LogP contribution in [0, 0.1) is 12.3 Å². The van der Waals surface area contributed by atoms with E-state index in [0.29, 0.717) is 12.2 Å². The molecule has 3 heterocycles. The van der Waals surface area contributed by atoms with Crippen LogP contribution in [0.1, 0.15) is 166 Å². The van der Waals surface area contributed by atoms with Gasteiger partial charge in [0.15, 0.2) is 55.5 Å². The van der Waals surface area contributed by atoms with Gasteiger partial charge in [-0.2, -0.15) is 0 Å². The second kappa shape index (κ2) is 57.0. The lowest BCUT2D eigenvalue weighted by atomic mass is 9.82. The minimum Gasteiger partial charge on any atom is -0.463 e. The third-order valence-corrected chi connectivity index (χ3v) is 20.4. The number of esters is 9. The third kappa shape index (κ3) is 40.8. The Labute approximate surface area is 732 Å². The van der Waals surface area contributed by atoms with Gasteiger partial charge in [0.05, 0.1) is 66.1 Å². The van der Waals surface area contributed by atoms with Crippen molar-refractivity contribution in [2.24, 2.45) is 0 Å². The first-order valence-electron chi connectivity index (χ1n) is 41.0. The van der Waals surface area contributed by atoms with Crippen molar-refractivity contribution in [2.75, 3.05) is 106 Å². The number of nitrogens with one attached hydrogen (secondary N) is 7. The monoisotopic (exact) mass is 1810 g/mol. The summed E-state index contributed by atoms with van der Waals surface area (Å²) in [4.78, 5) is 204. The van der Waals surface area contributed by atoms with Gasteiger partial charge in [0.1, 0.15) is 62.0 Å². The zero-order valence-electron chi connectivity index (χ0n) is 74.1. The zero-order valence-corrected chi connectivity index (χ0v) is 75.0. The highest BCUT2D eigenvalue weighted by molar-refractivity contribution is 7.45. The minimum atomic E-state index is -1.73. The van der Waals surface area contributed by atoms with Gasteiger partial charge in [-0.05, 0) is 71.2 Å². The molecule has 3 aliphatic rings. The summed E-state index contributed by atoms with van der Waals surface area (Å²) in [6.45, 7) is 18.4. The van der Waals surface area contributed by atoms with Crippen LogP contribution in [0.5, 0.6) is 5.75 Å². The van der Waals surface area contributed by atoms with E-state index in [-0.39, 0.29) is 142 Å². The molecule has 3 fully saturated rings. The molecule has 1 aromatic carbocycles. The highest BCUT2D eigenvalue weighted by Gasteiger charge is 2.55. The molecule has 0 radical (unpaired) electrons. The van der Waals surface area contributed by atoms with Gasteiger partial charge < -0.3 is 132 Å². The van der Waals surface area contributed by atoms with Gasteiger partial charge >= 0.3 is 62.2 Å². The normalized spacial score (nSPS) is 22.7. The van der Waals surface area contributed by atoms with E-state index in [0.717, 1.165) is 62.3 Å². The van der Waals surface area contributed by atoms with E-state index >= 15 is 0 Å². The van der Waals surface area contributed by atoms with Gasteiger partial charge in [-0.3, -0.25) is 76.7 Å². The molecule has 7 amide bonds. The Morgan fingerprint density at radius 3 is 0.984 bits per heavy atom. The predicted molar refractivity (Wildman–Crippen MR) is 435 cm³/mol. The average Bonchev–Trinajstić information content (AvgIpc) is 0.799. The molecular weight excluding hydrogens is 1690 g/mol. The van der Waals surface area contributed by atoms with Gasteiger partial charge in [-0.1, -0.05) is 0 Å². The highest BCUT2D eigenvalue weighted by atomic mass is 31.2. The first kappa shape index (κ1) is 108. The van der Waals surface area contributed by atoms with Gasteiger partial charge in [0, 0.05) is 152 Å². The summed E-state index contributed by atoms with van der Waals surface area (Å²) in [7, 11) is -1.73. The van der Waals surface area contributed by atoms with E-state index < -0.39 is 221 Å². The van der Waals surface area contributed by atoms with E-state index in [9.17, 15) is 76.7 Å². The Bertz CT molecular complexity index is 3480. The van der Waals surface area contributed by atoms with Crippen LogP contribution < -0.4 is 41.7 Å². The van der Waals surface area contributed by atoms with Crippen LogP contribution >= 0.6 is 8.53 Å². The molecule has 44 nitrogen and oxygen atoms in total. The fourth-order valence-corrected chi connectivity index (χ4v) is 14.9. The lowest BCUT2D eigenvalue weighted by Gasteiger charge is -2.44. The van der Waals surface area contributed by atoms with Crippen molar-refractivity contribution in [3.05, 3.63) is 29.8 Å². The van der Waals surface area contributed by atoms with Crippen molar-refractivity contribution in [1.82, 2.24) is 41.9 Å². The molecular formula is C81H123N8O36P. The average molecular weight is 1820 g/mol. The van der Waals surface area contributed by atoms with Crippen LogP contribution in [0.2, 0.25) is 0 Å². The Balaban J connectivity index is 1.62. The minimum absolute atomic E-state index is 0.0244. The summed E-state index contributed by atoms with van der Waals surface area (Å²) in [5, 5.41) is 19.2. The Hall–Kier alpha value is -9.91. The van der Waals surface area contributed by atoms with E-state index in [4.69, 9.17) is 101 Å². The van der Waals surface area contributed by atoms with Gasteiger partial charge in [-0.25, -0.2) is 4.67 Å². The summed E-state index contributed by atoms with van der Waals surface area (Å²) in [6.07, 6.45) is -11.9. The van der Waals surface area contributed by atoms with Crippen molar-refractivity contribution < 1.29 is 171 Å². The molecule has 0 saturated carbocycles. The van der Waals surface area contributed by atoms with E-state index in [2.05, 4.69) is 43.1 Å². The molecule has 0 spiro atoms.